The SMILES string of the molecule is CC(C)C(NCC1CCNCC1)C(N)=O. The number of primary amides is 1. The van der Waals surface area contributed by atoms with Crippen molar-refractivity contribution in [1.82, 2.24) is 10.6 Å². The van der Waals surface area contributed by atoms with Gasteiger partial charge in [0.2, 0.25) is 5.91 Å². The molecular formula is C11H23N3O. The maximum absolute atomic E-state index is 11.2. The minimum absolute atomic E-state index is 0.181. The second-order valence-electron chi connectivity index (χ2n) is 4.73. The number of nitrogens with two attached hydrogens (primary N) is 1. The Balaban J connectivity index is 2.29. The third-order valence-electron chi connectivity index (χ3n) is 3.06. The molecular weight excluding hydrogens is 190 g/mol. The van der Waals surface area contributed by atoms with Crippen LogP contribution < -0.4 is 16.4 Å². The minimum Gasteiger partial charge on any atom is -0.368 e. The van der Waals surface area contributed by atoms with E-state index in [2.05, 4.69) is 10.6 Å². The summed E-state index contributed by atoms with van der Waals surface area (Å²) in [5, 5.41) is 6.61. The van der Waals surface area contributed by atoms with E-state index in [1.54, 1.807) is 0 Å². The summed E-state index contributed by atoms with van der Waals surface area (Å²) in [6.45, 7) is 7.13. The van der Waals surface area contributed by atoms with Crippen molar-refractivity contribution >= 4 is 5.91 Å². The standard InChI is InChI=1S/C11H23N3O/c1-8(2)10(11(12)15)14-7-9-3-5-13-6-4-9/h8-10,13-14H,3-7H2,1-2H3,(H2,12,15). The van der Waals surface area contributed by atoms with Crippen LogP contribution in [0.3, 0.4) is 0 Å². The number of amides is 1. The zero-order valence-electron chi connectivity index (χ0n) is 9.75. The van der Waals surface area contributed by atoms with Gasteiger partial charge in [0.05, 0.1) is 6.04 Å². The molecule has 15 heavy (non-hydrogen) atoms. The molecule has 0 aliphatic carbocycles. The molecule has 0 aromatic heterocycles. The summed E-state index contributed by atoms with van der Waals surface area (Å²) < 4.78 is 0. The van der Waals surface area contributed by atoms with E-state index in [1.807, 2.05) is 13.8 Å². The fraction of sp³-hybridized carbons (Fsp3) is 0.909. The molecule has 0 aromatic rings. The number of hydrogen-bond donors (Lipinski definition) is 3. The highest BCUT2D eigenvalue weighted by atomic mass is 16.1. The second kappa shape index (κ2) is 6.08. The van der Waals surface area contributed by atoms with Gasteiger partial charge in [-0.25, -0.2) is 0 Å². The van der Waals surface area contributed by atoms with Gasteiger partial charge >= 0.3 is 0 Å². The van der Waals surface area contributed by atoms with E-state index in [0.717, 1.165) is 19.6 Å². The summed E-state index contributed by atoms with van der Waals surface area (Å²) in [5.74, 6) is 0.718. The maximum atomic E-state index is 11.2. The minimum atomic E-state index is -0.237. The van der Waals surface area contributed by atoms with Crippen molar-refractivity contribution in [3.05, 3.63) is 0 Å². The Morgan fingerprint density at radius 1 is 1.47 bits per heavy atom. The molecule has 0 radical (unpaired) electrons. The molecule has 4 N–H and O–H groups in total. The third-order valence-corrected chi connectivity index (χ3v) is 3.06. The summed E-state index contributed by atoms with van der Waals surface area (Å²) in [6.07, 6.45) is 2.38. The summed E-state index contributed by atoms with van der Waals surface area (Å²) >= 11 is 0. The van der Waals surface area contributed by atoms with Gasteiger partial charge in [0.15, 0.2) is 0 Å². The van der Waals surface area contributed by atoms with Crippen LogP contribution in [0.25, 0.3) is 0 Å². The van der Waals surface area contributed by atoms with Crippen LogP contribution in [0.5, 0.6) is 0 Å². The summed E-state index contributed by atoms with van der Waals surface area (Å²) in [4.78, 5) is 11.2. The van der Waals surface area contributed by atoms with E-state index in [-0.39, 0.29) is 17.9 Å². The molecule has 1 aliphatic heterocycles. The molecule has 0 bridgehead atoms. The summed E-state index contributed by atoms with van der Waals surface area (Å²) in [7, 11) is 0. The van der Waals surface area contributed by atoms with Gasteiger partial charge < -0.3 is 16.4 Å². The Hall–Kier alpha value is -0.610. The fourth-order valence-electron chi connectivity index (χ4n) is 2.04. The first-order valence-corrected chi connectivity index (χ1v) is 5.84. The predicted molar refractivity (Wildman–Crippen MR) is 61.4 cm³/mol. The van der Waals surface area contributed by atoms with E-state index < -0.39 is 0 Å². The number of carbonyl (C=O) groups is 1. The highest BCUT2D eigenvalue weighted by Gasteiger charge is 2.21. The molecule has 1 atom stereocenters. The molecule has 0 saturated carbocycles. The Bertz CT molecular complexity index is 200. The largest absolute Gasteiger partial charge is 0.368 e. The Morgan fingerprint density at radius 2 is 2.07 bits per heavy atom. The molecule has 4 heteroatoms. The zero-order chi connectivity index (χ0) is 11.3. The van der Waals surface area contributed by atoms with Crippen molar-refractivity contribution < 1.29 is 4.79 Å². The van der Waals surface area contributed by atoms with Crippen LogP contribution in [0.2, 0.25) is 0 Å². The normalized spacial score (nSPS) is 20.5. The predicted octanol–water partition coefficient (Wildman–Crippen LogP) is 0.0855. The van der Waals surface area contributed by atoms with Gasteiger partial charge in [0, 0.05) is 0 Å². The quantitative estimate of drug-likeness (QED) is 0.606. The van der Waals surface area contributed by atoms with Gasteiger partial charge in [-0.2, -0.15) is 0 Å². The lowest BCUT2D eigenvalue weighted by atomic mass is 9.96. The van der Waals surface area contributed by atoms with Crippen molar-refractivity contribution in [3.63, 3.8) is 0 Å². The third kappa shape index (κ3) is 4.18. The van der Waals surface area contributed by atoms with Crippen LogP contribution >= 0.6 is 0 Å². The van der Waals surface area contributed by atoms with Gasteiger partial charge in [-0.05, 0) is 44.3 Å². The molecule has 1 saturated heterocycles. The summed E-state index contributed by atoms with van der Waals surface area (Å²) in [5.41, 5.74) is 5.34. The first-order chi connectivity index (χ1) is 7.11. The van der Waals surface area contributed by atoms with Gasteiger partial charge in [0.25, 0.3) is 0 Å². The first-order valence-electron chi connectivity index (χ1n) is 5.84. The number of carbonyl (C=O) groups excluding carboxylic acids is 1. The Kier molecular flexibility index (Phi) is 5.05. The Morgan fingerprint density at radius 3 is 2.53 bits per heavy atom. The smallest absolute Gasteiger partial charge is 0.234 e. The van der Waals surface area contributed by atoms with Gasteiger partial charge in [0.1, 0.15) is 0 Å². The molecule has 0 spiro atoms. The molecule has 1 aliphatic rings. The topological polar surface area (TPSA) is 67.2 Å². The highest BCUT2D eigenvalue weighted by Crippen LogP contribution is 2.11. The molecule has 4 nitrogen and oxygen atoms in total. The van der Waals surface area contributed by atoms with E-state index in [9.17, 15) is 4.79 Å². The molecule has 1 amide bonds. The van der Waals surface area contributed by atoms with Crippen molar-refractivity contribution in [1.29, 1.82) is 0 Å². The van der Waals surface area contributed by atoms with Crippen molar-refractivity contribution in [3.8, 4) is 0 Å². The van der Waals surface area contributed by atoms with Crippen LogP contribution in [0.15, 0.2) is 0 Å². The van der Waals surface area contributed by atoms with Gasteiger partial charge in [-0.15, -0.1) is 0 Å². The molecule has 1 heterocycles. The van der Waals surface area contributed by atoms with Crippen molar-refractivity contribution in [2.45, 2.75) is 32.7 Å². The van der Waals surface area contributed by atoms with Crippen LogP contribution in [0.4, 0.5) is 0 Å². The molecule has 1 unspecified atom stereocenters. The summed E-state index contributed by atoms with van der Waals surface area (Å²) in [6, 6.07) is -0.181. The highest BCUT2D eigenvalue weighted by molar-refractivity contribution is 5.80. The lowest BCUT2D eigenvalue weighted by molar-refractivity contribution is -0.121. The van der Waals surface area contributed by atoms with E-state index in [1.165, 1.54) is 12.8 Å². The number of rotatable bonds is 5. The second-order valence-corrected chi connectivity index (χ2v) is 4.73. The molecule has 0 aromatic carbocycles. The van der Waals surface area contributed by atoms with E-state index in [4.69, 9.17) is 5.73 Å². The van der Waals surface area contributed by atoms with Crippen molar-refractivity contribution in [2.24, 2.45) is 17.6 Å². The zero-order valence-corrected chi connectivity index (χ0v) is 9.75. The number of nitrogens with one attached hydrogen (secondary N) is 2. The molecule has 88 valence electrons. The van der Waals surface area contributed by atoms with Crippen LogP contribution in [-0.2, 0) is 4.79 Å². The molecule has 1 fully saturated rings. The van der Waals surface area contributed by atoms with Crippen molar-refractivity contribution in [2.75, 3.05) is 19.6 Å². The molecule has 1 rings (SSSR count). The fourth-order valence-corrected chi connectivity index (χ4v) is 2.04. The number of hydrogen-bond acceptors (Lipinski definition) is 3. The Labute approximate surface area is 92.0 Å². The first kappa shape index (κ1) is 12.5. The van der Waals surface area contributed by atoms with Gasteiger partial charge in [-0.1, -0.05) is 13.8 Å². The lowest BCUT2D eigenvalue weighted by Crippen LogP contribution is -2.47. The van der Waals surface area contributed by atoms with E-state index >= 15 is 0 Å². The number of piperidine rings is 1. The van der Waals surface area contributed by atoms with Crippen LogP contribution in [-0.4, -0.2) is 31.6 Å². The van der Waals surface area contributed by atoms with E-state index in [0.29, 0.717) is 5.92 Å². The van der Waals surface area contributed by atoms with Crippen LogP contribution in [0, 0.1) is 11.8 Å². The maximum Gasteiger partial charge on any atom is 0.234 e. The average Bonchev–Trinajstić information content (AvgIpc) is 2.18. The van der Waals surface area contributed by atoms with Gasteiger partial charge in [-0.3, -0.25) is 4.79 Å². The monoisotopic (exact) mass is 213 g/mol. The average molecular weight is 213 g/mol. The van der Waals surface area contributed by atoms with Crippen LogP contribution in [0.1, 0.15) is 26.7 Å². The lowest BCUT2D eigenvalue weighted by Gasteiger charge is -2.26.